The van der Waals surface area contributed by atoms with Gasteiger partial charge in [-0.05, 0) is 48.9 Å². The molecule has 0 aliphatic carbocycles. The molecule has 0 aliphatic rings. The van der Waals surface area contributed by atoms with Crippen LogP contribution in [-0.2, 0) is 20.8 Å². The maximum Gasteiger partial charge on any atom is 0.407 e. The minimum atomic E-state index is -0.646. The van der Waals surface area contributed by atoms with Crippen LogP contribution in [0.5, 0.6) is 0 Å². The van der Waals surface area contributed by atoms with Crippen molar-refractivity contribution in [2.24, 2.45) is 5.92 Å². The van der Waals surface area contributed by atoms with Gasteiger partial charge in [-0.3, -0.25) is 4.79 Å². The zero-order valence-electron chi connectivity index (χ0n) is 29.2. The standard InChI is InChI=1S/C41H51N3O3S/c1-7-31(2)37(38(45)44(6)29-32-20-12-8-13-21-32)42-28-36(43-39(46)47-40(3,4)5)30-48-41(33-22-14-9-15-23-33,34-24-16-10-17-25-34)35-26-18-11-19-27-35/h8-27,31,36-37,42H,7,28-30H2,1-6H3,(H,43,46)/t31-,36+,37-/m0/s1. The topological polar surface area (TPSA) is 70.7 Å². The van der Waals surface area contributed by atoms with Gasteiger partial charge in [0.25, 0.3) is 0 Å². The third kappa shape index (κ3) is 9.97. The van der Waals surface area contributed by atoms with E-state index in [1.165, 1.54) is 0 Å². The fraction of sp³-hybridized carbons (Fsp3) is 0.366. The van der Waals surface area contributed by atoms with Crippen LogP contribution in [0.3, 0.4) is 0 Å². The quantitative estimate of drug-likeness (QED) is 0.125. The Labute approximate surface area is 291 Å². The van der Waals surface area contributed by atoms with Crippen molar-refractivity contribution in [1.82, 2.24) is 15.5 Å². The highest BCUT2D eigenvalue weighted by Crippen LogP contribution is 2.48. The molecule has 4 aromatic rings. The van der Waals surface area contributed by atoms with Crippen LogP contribution in [0.25, 0.3) is 0 Å². The molecule has 2 amide bonds. The Hall–Kier alpha value is -4.07. The number of nitrogens with zero attached hydrogens (tertiary/aromatic N) is 1. The fourth-order valence-corrected chi connectivity index (χ4v) is 7.39. The van der Waals surface area contributed by atoms with E-state index in [-0.39, 0.29) is 17.9 Å². The van der Waals surface area contributed by atoms with Crippen molar-refractivity contribution in [3.05, 3.63) is 144 Å². The summed E-state index contributed by atoms with van der Waals surface area (Å²) in [5.74, 6) is 0.665. The summed E-state index contributed by atoms with van der Waals surface area (Å²) in [5, 5.41) is 6.74. The molecule has 4 aromatic carbocycles. The molecule has 2 N–H and O–H groups in total. The average Bonchev–Trinajstić information content (AvgIpc) is 3.09. The van der Waals surface area contributed by atoms with Crippen LogP contribution in [0.1, 0.15) is 63.3 Å². The summed E-state index contributed by atoms with van der Waals surface area (Å²) in [6, 6.07) is 40.8. The molecule has 48 heavy (non-hydrogen) atoms. The van der Waals surface area contributed by atoms with Gasteiger partial charge in [-0.2, -0.15) is 0 Å². The Morgan fingerprint density at radius 3 is 1.67 bits per heavy atom. The zero-order valence-corrected chi connectivity index (χ0v) is 30.0. The summed E-state index contributed by atoms with van der Waals surface area (Å²) in [6.07, 6.45) is 0.355. The molecule has 0 saturated carbocycles. The minimum absolute atomic E-state index is 0.0316. The highest BCUT2D eigenvalue weighted by molar-refractivity contribution is 8.00. The first-order valence-electron chi connectivity index (χ1n) is 16.9. The number of hydrogen-bond acceptors (Lipinski definition) is 5. The Kier molecular flexibility index (Phi) is 13.3. The molecule has 0 aliphatic heterocycles. The lowest BCUT2D eigenvalue weighted by molar-refractivity contribution is -0.134. The highest BCUT2D eigenvalue weighted by atomic mass is 32.2. The average molecular weight is 666 g/mol. The molecule has 4 rings (SSSR count). The number of alkyl carbamates (subject to hydrolysis) is 1. The first-order chi connectivity index (χ1) is 23.0. The number of nitrogens with one attached hydrogen (secondary N) is 2. The molecular formula is C41H51N3O3S. The Bertz CT molecular complexity index is 1450. The largest absolute Gasteiger partial charge is 0.444 e. The molecule has 0 bridgehead atoms. The zero-order chi connectivity index (χ0) is 34.6. The first kappa shape index (κ1) is 36.8. The molecule has 7 heteroatoms. The van der Waals surface area contributed by atoms with E-state index < -0.39 is 22.5 Å². The van der Waals surface area contributed by atoms with Gasteiger partial charge in [0, 0.05) is 25.9 Å². The summed E-state index contributed by atoms with van der Waals surface area (Å²) in [6.45, 7) is 10.7. The van der Waals surface area contributed by atoms with Crippen LogP contribution < -0.4 is 10.6 Å². The summed E-state index contributed by atoms with van der Waals surface area (Å²) < 4.78 is 5.16. The van der Waals surface area contributed by atoms with E-state index in [0.29, 0.717) is 18.8 Å². The van der Waals surface area contributed by atoms with E-state index in [1.807, 2.05) is 76.3 Å². The number of hydrogen-bond donors (Lipinski definition) is 2. The van der Waals surface area contributed by atoms with Crippen molar-refractivity contribution in [3.8, 4) is 0 Å². The second-order valence-electron chi connectivity index (χ2n) is 13.4. The first-order valence-corrected chi connectivity index (χ1v) is 17.8. The van der Waals surface area contributed by atoms with Crippen LogP contribution >= 0.6 is 11.8 Å². The van der Waals surface area contributed by atoms with Gasteiger partial charge in [-0.25, -0.2) is 4.79 Å². The predicted octanol–water partition coefficient (Wildman–Crippen LogP) is 8.27. The molecule has 3 atom stereocenters. The Morgan fingerprint density at radius 2 is 1.23 bits per heavy atom. The fourth-order valence-electron chi connectivity index (χ4n) is 5.83. The van der Waals surface area contributed by atoms with Gasteiger partial charge >= 0.3 is 6.09 Å². The van der Waals surface area contributed by atoms with Gasteiger partial charge in [0.05, 0.1) is 16.8 Å². The van der Waals surface area contributed by atoms with Gasteiger partial charge in [0.1, 0.15) is 5.60 Å². The van der Waals surface area contributed by atoms with Crippen molar-refractivity contribution in [1.29, 1.82) is 0 Å². The number of likely N-dealkylation sites (N-methyl/N-ethyl adjacent to an activating group) is 1. The minimum Gasteiger partial charge on any atom is -0.444 e. The van der Waals surface area contributed by atoms with E-state index >= 15 is 0 Å². The smallest absolute Gasteiger partial charge is 0.407 e. The van der Waals surface area contributed by atoms with Crippen molar-refractivity contribution < 1.29 is 14.3 Å². The van der Waals surface area contributed by atoms with Crippen LogP contribution in [0.2, 0.25) is 0 Å². The third-order valence-electron chi connectivity index (χ3n) is 8.46. The lowest BCUT2D eigenvalue weighted by Crippen LogP contribution is -2.54. The number of rotatable bonds is 15. The number of carbonyl (C=O) groups is 2. The van der Waals surface area contributed by atoms with Gasteiger partial charge in [0.15, 0.2) is 0 Å². The Balaban J connectivity index is 1.66. The van der Waals surface area contributed by atoms with Gasteiger partial charge < -0.3 is 20.3 Å². The molecule has 0 radical (unpaired) electrons. The van der Waals surface area contributed by atoms with Gasteiger partial charge in [-0.1, -0.05) is 142 Å². The van der Waals surface area contributed by atoms with Crippen molar-refractivity contribution in [2.45, 2.75) is 70.0 Å². The van der Waals surface area contributed by atoms with Crippen molar-refractivity contribution >= 4 is 23.8 Å². The van der Waals surface area contributed by atoms with E-state index in [0.717, 1.165) is 28.7 Å². The molecule has 0 heterocycles. The van der Waals surface area contributed by atoms with Crippen LogP contribution in [0.4, 0.5) is 4.79 Å². The van der Waals surface area contributed by atoms with Crippen LogP contribution in [-0.4, -0.2) is 53.9 Å². The number of carbonyl (C=O) groups excluding carboxylic acids is 2. The van der Waals surface area contributed by atoms with Gasteiger partial charge in [0.2, 0.25) is 5.91 Å². The second-order valence-corrected chi connectivity index (χ2v) is 14.6. The third-order valence-corrected chi connectivity index (χ3v) is 10.2. The molecular weight excluding hydrogens is 615 g/mol. The molecule has 0 fully saturated rings. The molecule has 254 valence electrons. The molecule has 0 aromatic heterocycles. The molecule has 0 saturated heterocycles. The van der Waals surface area contributed by atoms with E-state index in [9.17, 15) is 9.59 Å². The van der Waals surface area contributed by atoms with Gasteiger partial charge in [-0.15, -0.1) is 11.8 Å². The summed E-state index contributed by atoms with van der Waals surface area (Å²) in [4.78, 5) is 28.9. The van der Waals surface area contributed by atoms with Crippen molar-refractivity contribution in [3.63, 3.8) is 0 Å². The SMILES string of the molecule is CC[C@H](C)[C@H](NC[C@H](CSC(c1ccccc1)(c1ccccc1)c1ccccc1)NC(=O)OC(C)(C)C)C(=O)N(C)Cc1ccccc1. The highest BCUT2D eigenvalue weighted by Gasteiger charge is 2.38. The summed E-state index contributed by atoms with van der Waals surface area (Å²) >= 11 is 1.77. The maximum absolute atomic E-state index is 13.9. The van der Waals surface area contributed by atoms with Crippen LogP contribution in [0, 0.1) is 5.92 Å². The van der Waals surface area contributed by atoms with Crippen molar-refractivity contribution in [2.75, 3.05) is 19.3 Å². The predicted molar refractivity (Wildman–Crippen MR) is 199 cm³/mol. The molecule has 0 spiro atoms. The summed E-state index contributed by atoms with van der Waals surface area (Å²) in [5.41, 5.74) is 3.87. The number of benzene rings is 4. The number of thioether (sulfide) groups is 1. The Morgan fingerprint density at radius 1 is 0.771 bits per heavy atom. The normalized spacial score (nSPS) is 13.6. The number of amides is 2. The molecule has 0 unspecified atom stereocenters. The monoisotopic (exact) mass is 665 g/mol. The second kappa shape index (κ2) is 17.4. The van der Waals surface area contributed by atoms with E-state index in [1.54, 1.807) is 16.7 Å². The van der Waals surface area contributed by atoms with E-state index in [4.69, 9.17) is 4.74 Å². The van der Waals surface area contributed by atoms with E-state index in [2.05, 4.69) is 97.3 Å². The number of ether oxygens (including phenoxy) is 1. The lowest BCUT2D eigenvalue weighted by atomic mass is 9.84. The maximum atomic E-state index is 13.9. The van der Waals surface area contributed by atoms with Crippen LogP contribution in [0.15, 0.2) is 121 Å². The summed E-state index contributed by atoms with van der Waals surface area (Å²) in [7, 11) is 1.85. The molecule has 6 nitrogen and oxygen atoms in total. The lowest BCUT2D eigenvalue weighted by Gasteiger charge is -2.37.